The highest BCUT2D eigenvalue weighted by Gasteiger charge is 2.23. The number of benzene rings is 2. The maximum Gasteiger partial charge on any atom is 0.253 e. The van der Waals surface area contributed by atoms with Gasteiger partial charge in [-0.15, -0.1) is 0 Å². The van der Waals surface area contributed by atoms with Gasteiger partial charge in [0, 0.05) is 31.7 Å². The van der Waals surface area contributed by atoms with E-state index < -0.39 is 0 Å². The molecule has 1 N–H and O–H groups in total. The number of carbonyl (C=O) groups is 1. The van der Waals surface area contributed by atoms with Crippen molar-refractivity contribution in [3.63, 3.8) is 0 Å². The van der Waals surface area contributed by atoms with E-state index in [4.69, 9.17) is 0 Å². The number of amides is 1. The summed E-state index contributed by atoms with van der Waals surface area (Å²) < 4.78 is 0. The molecule has 1 saturated heterocycles. The van der Waals surface area contributed by atoms with Crippen LogP contribution in [0.5, 0.6) is 5.75 Å². The molecule has 4 heteroatoms. The normalized spacial score (nSPS) is 15.0. The van der Waals surface area contributed by atoms with E-state index in [1.807, 2.05) is 53.4 Å². The van der Waals surface area contributed by atoms with Crippen LogP contribution in [0.2, 0.25) is 0 Å². The van der Waals surface area contributed by atoms with Gasteiger partial charge in [-0.3, -0.25) is 4.79 Å². The van der Waals surface area contributed by atoms with E-state index in [9.17, 15) is 9.90 Å². The van der Waals surface area contributed by atoms with E-state index in [0.717, 1.165) is 24.3 Å². The molecule has 0 aromatic heterocycles. The van der Waals surface area contributed by atoms with Crippen molar-refractivity contribution in [3.8, 4) is 5.75 Å². The van der Waals surface area contributed by atoms with Crippen LogP contribution < -0.4 is 4.90 Å². The summed E-state index contributed by atoms with van der Waals surface area (Å²) in [7, 11) is 0. The van der Waals surface area contributed by atoms with E-state index >= 15 is 0 Å². The number of piperazine rings is 1. The van der Waals surface area contributed by atoms with Gasteiger partial charge in [0.25, 0.3) is 5.91 Å². The fraction of sp³-hybridized carbons (Fsp3) is 0.235. The van der Waals surface area contributed by atoms with Gasteiger partial charge in [0.2, 0.25) is 0 Å². The van der Waals surface area contributed by atoms with Crippen molar-refractivity contribution in [1.82, 2.24) is 4.90 Å². The van der Waals surface area contributed by atoms with Gasteiger partial charge in [0.1, 0.15) is 5.75 Å². The van der Waals surface area contributed by atoms with Crippen LogP contribution in [0.1, 0.15) is 10.4 Å². The van der Waals surface area contributed by atoms with E-state index in [0.29, 0.717) is 18.8 Å². The average molecular weight is 282 g/mol. The number of hydrogen-bond donors (Lipinski definition) is 1. The predicted molar refractivity (Wildman–Crippen MR) is 82.7 cm³/mol. The van der Waals surface area contributed by atoms with Gasteiger partial charge in [-0.05, 0) is 24.3 Å². The van der Waals surface area contributed by atoms with Gasteiger partial charge in [-0.1, -0.05) is 30.3 Å². The van der Waals surface area contributed by atoms with Gasteiger partial charge in [0.05, 0.1) is 5.69 Å². The lowest BCUT2D eigenvalue weighted by molar-refractivity contribution is 0.0746. The largest absolute Gasteiger partial charge is 0.506 e. The Kier molecular flexibility index (Phi) is 3.77. The second-order valence-corrected chi connectivity index (χ2v) is 5.13. The molecule has 108 valence electrons. The zero-order valence-electron chi connectivity index (χ0n) is 11.8. The summed E-state index contributed by atoms with van der Waals surface area (Å²) in [6.45, 7) is 2.80. The van der Waals surface area contributed by atoms with Crippen molar-refractivity contribution < 1.29 is 9.90 Å². The molecule has 4 nitrogen and oxygen atoms in total. The minimum atomic E-state index is 0.0764. The Bertz CT molecular complexity index is 620. The minimum Gasteiger partial charge on any atom is -0.506 e. The maximum atomic E-state index is 12.4. The Balaban J connectivity index is 1.66. The third kappa shape index (κ3) is 2.84. The third-order valence-corrected chi connectivity index (χ3v) is 3.81. The number of anilines is 1. The van der Waals surface area contributed by atoms with Crippen molar-refractivity contribution in [2.75, 3.05) is 31.1 Å². The zero-order valence-corrected chi connectivity index (χ0v) is 11.8. The van der Waals surface area contributed by atoms with Gasteiger partial charge in [-0.25, -0.2) is 0 Å². The molecule has 0 atom stereocenters. The molecule has 0 bridgehead atoms. The Hall–Kier alpha value is -2.49. The number of aromatic hydroxyl groups is 1. The molecule has 3 rings (SSSR count). The van der Waals surface area contributed by atoms with Crippen LogP contribution in [0.25, 0.3) is 0 Å². The molecule has 21 heavy (non-hydrogen) atoms. The first kappa shape index (κ1) is 13.5. The van der Waals surface area contributed by atoms with Crippen LogP contribution in [0.3, 0.4) is 0 Å². The fourth-order valence-electron chi connectivity index (χ4n) is 2.65. The van der Waals surface area contributed by atoms with Gasteiger partial charge in [0.15, 0.2) is 0 Å². The van der Waals surface area contributed by atoms with Crippen molar-refractivity contribution in [2.45, 2.75) is 0 Å². The Morgan fingerprint density at radius 2 is 1.48 bits per heavy atom. The van der Waals surface area contributed by atoms with Crippen LogP contribution in [-0.2, 0) is 0 Å². The van der Waals surface area contributed by atoms with Gasteiger partial charge in [-0.2, -0.15) is 0 Å². The summed E-state index contributed by atoms with van der Waals surface area (Å²) in [6.07, 6.45) is 0. The second-order valence-electron chi connectivity index (χ2n) is 5.13. The lowest BCUT2D eigenvalue weighted by Crippen LogP contribution is -2.48. The molecule has 0 radical (unpaired) electrons. The molecule has 2 aromatic rings. The molecule has 0 spiro atoms. The molecule has 1 aliphatic heterocycles. The maximum absolute atomic E-state index is 12.4. The molecular formula is C17H18N2O2. The summed E-state index contributed by atoms with van der Waals surface area (Å²) in [5.74, 6) is 0.368. The van der Waals surface area contributed by atoms with Crippen molar-refractivity contribution >= 4 is 11.6 Å². The number of para-hydroxylation sites is 2. The molecule has 1 aliphatic rings. The first-order chi connectivity index (χ1) is 10.3. The highest BCUT2D eigenvalue weighted by Crippen LogP contribution is 2.27. The summed E-state index contributed by atoms with van der Waals surface area (Å²) in [4.78, 5) is 16.3. The molecule has 0 aliphatic carbocycles. The van der Waals surface area contributed by atoms with Crippen LogP contribution in [-0.4, -0.2) is 42.1 Å². The summed E-state index contributed by atoms with van der Waals surface area (Å²) in [5.41, 5.74) is 1.57. The fourth-order valence-corrected chi connectivity index (χ4v) is 2.65. The van der Waals surface area contributed by atoms with Crippen LogP contribution in [0.4, 0.5) is 5.69 Å². The average Bonchev–Trinajstić information content (AvgIpc) is 2.56. The Labute approximate surface area is 124 Å². The SMILES string of the molecule is O=C(c1ccccc1)N1CCN(c2ccccc2O)CC1. The number of phenolic OH excluding ortho intramolecular Hbond substituents is 1. The molecule has 1 amide bonds. The highest BCUT2D eigenvalue weighted by atomic mass is 16.3. The van der Waals surface area contributed by atoms with Crippen molar-refractivity contribution in [1.29, 1.82) is 0 Å². The van der Waals surface area contributed by atoms with E-state index in [2.05, 4.69) is 4.90 Å². The number of phenols is 1. The number of hydrogen-bond acceptors (Lipinski definition) is 3. The van der Waals surface area contributed by atoms with E-state index in [1.54, 1.807) is 6.07 Å². The molecule has 2 aromatic carbocycles. The smallest absolute Gasteiger partial charge is 0.253 e. The van der Waals surface area contributed by atoms with Crippen LogP contribution in [0, 0.1) is 0 Å². The molecule has 0 unspecified atom stereocenters. The van der Waals surface area contributed by atoms with E-state index in [1.165, 1.54) is 0 Å². The standard InChI is InChI=1S/C17H18N2O2/c20-16-9-5-4-8-15(16)18-10-12-19(13-11-18)17(21)14-6-2-1-3-7-14/h1-9,20H,10-13H2. The van der Waals surface area contributed by atoms with E-state index in [-0.39, 0.29) is 5.91 Å². The van der Waals surface area contributed by atoms with Gasteiger partial charge >= 0.3 is 0 Å². The number of rotatable bonds is 2. The Morgan fingerprint density at radius 1 is 0.857 bits per heavy atom. The first-order valence-electron chi connectivity index (χ1n) is 7.13. The summed E-state index contributed by atoms with van der Waals surface area (Å²) >= 11 is 0. The summed E-state index contributed by atoms with van der Waals surface area (Å²) in [5, 5.41) is 9.89. The van der Waals surface area contributed by atoms with Crippen LogP contribution in [0.15, 0.2) is 54.6 Å². The second kappa shape index (κ2) is 5.87. The van der Waals surface area contributed by atoms with Crippen molar-refractivity contribution in [2.24, 2.45) is 0 Å². The quantitative estimate of drug-likeness (QED) is 0.919. The first-order valence-corrected chi connectivity index (χ1v) is 7.13. The molecular weight excluding hydrogens is 264 g/mol. The number of nitrogens with zero attached hydrogens (tertiary/aromatic N) is 2. The predicted octanol–water partition coefficient (Wildman–Crippen LogP) is 2.35. The minimum absolute atomic E-state index is 0.0764. The van der Waals surface area contributed by atoms with Crippen molar-refractivity contribution in [3.05, 3.63) is 60.2 Å². The Morgan fingerprint density at radius 3 is 2.14 bits per heavy atom. The molecule has 0 saturated carbocycles. The topological polar surface area (TPSA) is 43.8 Å². The lowest BCUT2D eigenvalue weighted by Gasteiger charge is -2.36. The lowest BCUT2D eigenvalue weighted by atomic mass is 10.1. The zero-order chi connectivity index (χ0) is 14.7. The van der Waals surface area contributed by atoms with Crippen LogP contribution >= 0.6 is 0 Å². The molecule has 1 fully saturated rings. The molecule has 1 heterocycles. The highest BCUT2D eigenvalue weighted by molar-refractivity contribution is 5.94. The summed E-state index contributed by atoms with van der Waals surface area (Å²) in [6, 6.07) is 16.7. The van der Waals surface area contributed by atoms with Gasteiger partial charge < -0.3 is 14.9 Å². The third-order valence-electron chi connectivity index (χ3n) is 3.81. The number of carbonyl (C=O) groups excluding carboxylic acids is 1. The monoisotopic (exact) mass is 282 g/mol.